The van der Waals surface area contributed by atoms with Crippen molar-refractivity contribution in [1.82, 2.24) is 20.9 Å². The number of aliphatic hydroxyl groups is 1. The molecule has 0 aliphatic carbocycles. The fourth-order valence-electron chi connectivity index (χ4n) is 4.82. The molecule has 3 unspecified atom stereocenters. The van der Waals surface area contributed by atoms with Gasteiger partial charge in [0.25, 0.3) is 5.91 Å². The van der Waals surface area contributed by atoms with Crippen LogP contribution in [0.15, 0.2) is 42.5 Å². The van der Waals surface area contributed by atoms with Gasteiger partial charge in [-0.15, -0.1) is 0 Å². The van der Waals surface area contributed by atoms with Gasteiger partial charge in [0.1, 0.15) is 17.7 Å². The van der Waals surface area contributed by atoms with Gasteiger partial charge in [0.2, 0.25) is 11.8 Å². The highest BCUT2D eigenvalue weighted by Crippen LogP contribution is 2.24. The third-order valence-electron chi connectivity index (χ3n) is 7.28. The first-order valence-corrected chi connectivity index (χ1v) is 14.1. The first-order valence-electron chi connectivity index (χ1n) is 14.1. The standard InChI is InChI=1S/C31H46N4O5/c1-30(2,3)20-32-18-24(36)19-33-27(37)25(17-21-13-14-22-10-7-8-11-23(22)16-21)34-28(38)26-12-9-15-35(26)29(39)31(4,5)40-6/h7-8,10-11,13-14,16,24-26,32,36H,9,12,15,17-20H2,1-6H3,(H,33,37)(H,34,38). The van der Waals surface area contributed by atoms with Gasteiger partial charge in [-0.2, -0.15) is 0 Å². The Balaban J connectivity index is 1.73. The van der Waals surface area contributed by atoms with Crippen molar-refractivity contribution in [2.45, 2.75) is 77.7 Å². The van der Waals surface area contributed by atoms with Crippen LogP contribution in [-0.2, 0) is 25.5 Å². The molecule has 1 aliphatic heterocycles. The number of carbonyl (C=O) groups excluding carboxylic acids is 3. The third-order valence-corrected chi connectivity index (χ3v) is 7.28. The third kappa shape index (κ3) is 8.74. The normalized spacial score (nSPS) is 17.5. The van der Waals surface area contributed by atoms with E-state index in [0.29, 0.717) is 25.9 Å². The highest BCUT2D eigenvalue weighted by molar-refractivity contribution is 5.94. The second-order valence-electron chi connectivity index (χ2n) is 12.4. The van der Waals surface area contributed by atoms with Gasteiger partial charge in [0, 0.05) is 39.7 Å². The molecular formula is C31H46N4O5. The Morgan fingerprint density at radius 1 is 1.05 bits per heavy atom. The minimum atomic E-state index is -1.05. The first kappa shape index (κ1) is 31.5. The minimum absolute atomic E-state index is 0.0517. The van der Waals surface area contributed by atoms with Gasteiger partial charge in [-0.05, 0) is 48.4 Å². The summed E-state index contributed by atoms with van der Waals surface area (Å²) >= 11 is 0. The topological polar surface area (TPSA) is 120 Å². The fraction of sp³-hybridized carbons (Fsp3) is 0.581. The monoisotopic (exact) mass is 554 g/mol. The average molecular weight is 555 g/mol. The van der Waals surface area contributed by atoms with E-state index in [0.717, 1.165) is 22.9 Å². The summed E-state index contributed by atoms with van der Waals surface area (Å²) < 4.78 is 5.36. The Morgan fingerprint density at radius 2 is 1.75 bits per heavy atom. The van der Waals surface area contributed by atoms with Crippen molar-refractivity contribution in [3.63, 3.8) is 0 Å². The number of benzene rings is 2. The molecule has 1 heterocycles. The number of aliphatic hydroxyl groups excluding tert-OH is 1. The number of likely N-dealkylation sites (tertiary alicyclic amines) is 1. The van der Waals surface area contributed by atoms with Crippen molar-refractivity contribution >= 4 is 28.5 Å². The van der Waals surface area contributed by atoms with Crippen LogP contribution < -0.4 is 16.0 Å². The Bertz CT molecular complexity index is 1180. The Labute approximate surface area is 238 Å². The summed E-state index contributed by atoms with van der Waals surface area (Å²) in [6.45, 7) is 11.2. The highest BCUT2D eigenvalue weighted by atomic mass is 16.5. The largest absolute Gasteiger partial charge is 0.390 e. The lowest BCUT2D eigenvalue weighted by Crippen LogP contribution is -2.57. The Hall–Kier alpha value is -3.01. The van der Waals surface area contributed by atoms with Gasteiger partial charge in [-0.3, -0.25) is 14.4 Å². The summed E-state index contributed by atoms with van der Waals surface area (Å²) in [6, 6.07) is 12.4. The summed E-state index contributed by atoms with van der Waals surface area (Å²) in [5, 5.41) is 21.5. The molecule has 1 fully saturated rings. The van der Waals surface area contributed by atoms with Crippen LogP contribution >= 0.6 is 0 Å². The maximum Gasteiger partial charge on any atom is 0.254 e. The number of methoxy groups -OCH3 is 1. The summed E-state index contributed by atoms with van der Waals surface area (Å²) in [6.07, 6.45) is 0.701. The second kappa shape index (κ2) is 13.6. The van der Waals surface area contributed by atoms with E-state index < -0.39 is 23.8 Å². The number of amides is 3. The van der Waals surface area contributed by atoms with E-state index in [4.69, 9.17) is 4.74 Å². The molecule has 0 spiro atoms. The number of nitrogens with zero attached hydrogens (tertiary/aromatic N) is 1. The van der Waals surface area contributed by atoms with Gasteiger partial charge < -0.3 is 30.7 Å². The summed E-state index contributed by atoms with van der Waals surface area (Å²) in [5.41, 5.74) is -0.0833. The molecule has 2 aromatic rings. The predicted molar refractivity (Wildman–Crippen MR) is 157 cm³/mol. The SMILES string of the molecule is COC(C)(C)C(=O)N1CCCC1C(=O)NC(Cc1ccc2ccccc2c1)C(=O)NCC(O)CNCC(C)(C)C. The van der Waals surface area contributed by atoms with Crippen LogP contribution in [0, 0.1) is 5.41 Å². The lowest BCUT2D eigenvalue weighted by atomic mass is 9.97. The van der Waals surface area contributed by atoms with Crippen molar-refractivity contribution in [3.05, 3.63) is 48.0 Å². The molecule has 9 nitrogen and oxygen atoms in total. The number of carbonyl (C=O) groups is 3. The van der Waals surface area contributed by atoms with E-state index >= 15 is 0 Å². The minimum Gasteiger partial charge on any atom is -0.390 e. The molecule has 3 atom stereocenters. The molecule has 9 heteroatoms. The number of fused-ring (bicyclic) bond motifs is 1. The van der Waals surface area contributed by atoms with Gasteiger partial charge in [0.05, 0.1) is 6.10 Å². The number of ether oxygens (including phenoxy) is 1. The van der Waals surface area contributed by atoms with Crippen LogP contribution in [0.3, 0.4) is 0 Å². The van der Waals surface area contributed by atoms with Crippen LogP contribution in [0.1, 0.15) is 53.0 Å². The zero-order valence-corrected chi connectivity index (χ0v) is 24.8. The van der Waals surface area contributed by atoms with Crippen LogP contribution in [0.2, 0.25) is 0 Å². The van der Waals surface area contributed by atoms with Crippen molar-refractivity contribution in [2.75, 3.05) is 33.3 Å². The second-order valence-corrected chi connectivity index (χ2v) is 12.4. The first-order chi connectivity index (χ1) is 18.8. The predicted octanol–water partition coefficient (Wildman–Crippen LogP) is 2.40. The fourth-order valence-corrected chi connectivity index (χ4v) is 4.82. The average Bonchev–Trinajstić information content (AvgIpc) is 3.40. The van der Waals surface area contributed by atoms with E-state index in [2.05, 4.69) is 36.7 Å². The van der Waals surface area contributed by atoms with Crippen molar-refractivity contribution in [2.24, 2.45) is 5.41 Å². The Morgan fingerprint density at radius 3 is 2.42 bits per heavy atom. The van der Waals surface area contributed by atoms with E-state index in [-0.39, 0.29) is 36.1 Å². The van der Waals surface area contributed by atoms with E-state index in [1.54, 1.807) is 18.7 Å². The molecule has 1 saturated heterocycles. The molecule has 4 N–H and O–H groups in total. The summed E-state index contributed by atoms with van der Waals surface area (Å²) in [4.78, 5) is 41.5. The molecule has 2 aromatic carbocycles. The molecule has 3 amide bonds. The number of nitrogens with one attached hydrogen (secondary N) is 3. The van der Waals surface area contributed by atoms with Gasteiger partial charge in [-0.1, -0.05) is 63.2 Å². The van der Waals surface area contributed by atoms with Gasteiger partial charge >= 0.3 is 0 Å². The van der Waals surface area contributed by atoms with Gasteiger partial charge in [-0.25, -0.2) is 0 Å². The smallest absolute Gasteiger partial charge is 0.254 e. The maximum atomic E-state index is 13.5. The number of rotatable bonds is 12. The zero-order chi connectivity index (χ0) is 29.5. The van der Waals surface area contributed by atoms with Crippen LogP contribution in [0.5, 0.6) is 0 Å². The summed E-state index contributed by atoms with van der Waals surface area (Å²) in [5.74, 6) is -1.01. The molecule has 0 aromatic heterocycles. The van der Waals surface area contributed by atoms with Crippen molar-refractivity contribution in [3.8, 4) is 0 Å². The van der Waals surface area contributed by atoms with Gasteiger partial charge in [0.15, 0.2) is 0 Å². The molecule has 40 heavy (non-hydrogen) atoms. The number of hydrogen-bond acceptors (Lipinski definition) is 6. The number of hydrogen-bond donors (Lipinski definition) is 4. The molecule has 0 bridgehead atoms. The van der Waals surface area contributed by atoms with E-state index in [1.807, 2.05) is 42.5 Å². The molecule has 1 aliphatic rings. The van der Waals surface area contributed by atoms with Crippen LogP contribution in [-0.4, -0.2) is 84.8 Å². The zero-order valence-electron chi connectivity index (χ0n) is 24.8. The molecule has 3 rings (SSSR count). The maximum absolute atomic E-state index is 13.5. The van der Waals surface area contributed by atoms with E-state index in [9.17, 15) is 19.5 Å². The molecule has 0 radical (unpaired) electrons. The molecule has 0 saturated carbocycles. The lowest BCUT2D eigenvalue weighted by Gasteiger charge is -2.32. The van der Waals surface area contributed by atoms with E-state index in [1.165, 1.54) is 7.11 Å². The van der Waals surface area contributed by atoms with Crippen molar-refractivity contribution < 1.29 is 24.2 Å². The Kier molecular flexibility index (Phi) is 10.7. The van der Waals surface area contributed by atoms with Crippen LogP contribution in [0.4, 0.5) is 0 Å². The molecule has 220 valence electrons. The van der Waals surface area contributed by atoms with Crippen LogP contribution in [0.25, 0.3) is 10.8 Å². The molecular weight excluding hydrogens is 508 g/mol. The van der Waals surface area contributed by atoms with Crippen molar-refractivity contribution in [1.29, 1.82) is 0 Å². The quantitative estimate of drug-likeness (QED) is 0.320. The highest BCUT2D eigenvalue weighted by Gasteiger charge is 2.41. The lowest BCUT2D eigenvalue weighted by molar-refractivity contribution is -0.154. The summed E-state index contributed by atoms with van der Waals surface area (Å²) in [7, 11) is 1.47.